The zero-order valence-corrected chi connectivity index (χ0v) is 6.08. The first-order chi connectivity index (χ1) is 5.38. The van der Waals surface area contributed by atoms with Gasteiger partial charge in [0.15, 0.2) is 0 Å². The van der Waals surface area contributed by atoms with E-state index in [-0.39, 0.29) is 11.8 Å². The van der Waals surface area contributed by atoms with Crippen LogP contribution in [0.2, 0.25) is 0 Å². The van der Waals surface area contributed by atoms with E-state index in [4.69, 9.17) is 0 Å². The highest BCUT2D eigenvalue weighted by atomic mass is 16.1. The number of piperidine rings is 1. The van der Waals surface area contributed by atoms with Crippen LogP contribution in [0.25, 0.3) is 0 Å². The topological polar surface area (TPSA) is 29.1 Å². The molecular weight excluding hydrogens is 138 g/mol. The van der Waals surface area contributed by atoms with Gasteiger partial charge in [-0.25, -0.2) is 0 Å². The Morgan fingerprint density at radius 2 is 2.27 bits per heavy atom. The predicted octanol–water partition coefficient (Wildman–Crippen LogP) is 0.903. The molecule has 2 rings (SSSR count). The molecule has 2 heteroatoms. The summed E-state index contributed by atoms with van der Waals surface area (Å²) in [5.41, 5.74) is 0. The van der Waals surface area contributed by atoms with E-state index >= 15 is 0 Å². The summed E-state index contributed by atoms with van der Waals surface area (Å²) >= 11 is 0. The smallest absolute Gasteiger partial charge is 0.228 e. The van der Waals surface area contributed by atoms with Crippen molar-refractivity contribution in [2.24, 2.45) is 11.8 Å². The van der Waals surface area contributed by atoms with E-state index in [1.165, 1.54) is 0 Å². The molecule has 0 aromatic heterocycles. The normalized spacial score (nSPS) is 34.7. The third-order valence-electron chi connectivity index (χ3n) is 2.10. The van der Waals surface area contributed by atoms with Crippen LogP contribution < -0.4 is 5.32 Å². The van der Waals surface area contributed by atoms with Crippen LogP contribution >= 0.6 is 0 Å². The monoisotopic (exact) mass is 147 g/mol. The molecule has 0 aromatic rings. The van der Waals surface area contributed by atoms with E-state index in [1.807, 2.05) is 18.2 Å². The molecule has 1 saturated heterocycles. The summed E-state index contributed by atoms with van der Waals surface area (Å²) in [7, 11) is 0. The Labute approximate surface area is 66.0 Å². The summed E-state index contributed by atoms with van der Waals surface area (Å²) in [4.78, 5) is 11.2. The number of amides is 1. The Kier molecular flexibility index (Phi) is 1.53. The summed E-state index contributed by atoms with van der Waals surface area (Å²) in [5.74, 6) is 0.455. The second kappa shape index (κ2) is 2.53. The van der Waals surface area contributed by atoms with Gasteiger partial charge in [0.25, 0.3) is 0 Å². The second-order valence-corrected chi connectivity index (χ2v) is 2.83. The first-order valence-electron chi connectivity index (χ1n) is 3.75. The molecule has 0 saturated carbocycles. The van der Waals surface area contributed by atoms with E-state index in [0.717, 1.165) is 6.42 Å². The molecule has 0 bridgehead atoms. The average Bonchev–Trinajstić information content (AvgIpc) is 2.06. The van der Waals surface area contributed by atoms with Crippen molar-refractivity contribution in [3.8, 4) is 0 Å². The number of hydrogen-bond donors (Lipinski definition) is 1. The molecule has 1 aliphatic carbocycles. The summed E-state index contributed by atoms with van der Waals surface area (Å²) in [6.07, 6.45) is 8.75. The fourth-order valence-corrected chi connectivity index (χ4v) is 1.47. The number of allylic oxidation sites excluding steroid dienone is 3. The molecule has 0 spiro atoms. The van der Waals surface area contributed by atoms with Crippen LogP contribution in [0.4, 0.5) is 0 Å². The van der Waals surface area contributed by atoms with Crippen LogP contribution in [0.15, 0.2) is 24.3 Å². The molecule has 1 N–H and O–H groups in total. The Hall–Kier alpha value is -1.05. The molecule has 0 aromatic carbocycles. The van der Waals surface area contributed by atoms with Crippen molar-refractivity contribution < 1.29 is 4.79 Å². The molecule has 2 unspecified atom stereocenters. The lowest BCUT2D eigenvalue weighted by Crippen LogP contribution is -2.38. The standard InChI is InChI=1S/C9H9NO/c11-9-8-4-2-1-3-7(8)5-6-10-9/h1-4,7-8H,5H2,(H,10,11). The maximum absolute atomic E-state index is 11.2. The molecule has 1 heterocycles. The van der Waals surface area contributed by atoms with Gasteiger partial charge in [-0.3, -0.25) is 4.79 Å². The molecule has 1 amide bonds. The van der Waals surface area contributed by atoms with Gasteiger partial charge < -0.3 is 5.32 Å². The van der Waals surface area contributed by atoms with Gasteiger partial charge in [0.1, 0.15) is 0 Å². The lowest BCUT2D eigenvalue weighted by Gasteiger charge is -2.27. The van der Waals surface area contributed by atoms with E-state index in [9.17, 15) is 4.79 Å². The third kappa shape index (κ3) is 1.09. The lowest BCUT2D eigenvalue weighted by atomic mass is 9.83. The minimum atomic E-state index is 0.0428. The number of nitrogens with one attached hydrogen (secondary N) is 1. The lowest BCUT2D eigenvalue weighted by molar-refractivity contribution is -0.125. The first-order valence-corrected chi connectivity index (χ1v) is 3.75. The number of fused-ring (bicyclic) bond motifs is 1. The van der Waals surface area contributed by atoms with E-state index in [1.54, 1.807) is 0 Å². The molecular formula is C9H9NO. The Balaban J connectivity index is 2.20. The fourth-order valence-electron chi connectivity index (χ4n) is 1.47. The Morgan fingerprint density at radius 1 is 1.45 bits per heavy atom. The summed E-state index contributed by atoms with van der Waals surface area (Å²) < 4.78 is 0. The SMILES string of the molecule is O=C1N[C]CC2C=CC=CC12. The van der Waals surface area contributed by atoms with Crippen molar-refractivity contribution in [2.45, 2.75) is 6.42 Å². The van der Waals surface area contributed by atoms with E-state index in [0.29, 0.717) is 5.92 Å². The summed E-state index contributed by atoms with van der Waals surface area (Å²) in [6.45, 7) is 2.85. The highest BCUT2D eigenvalue weighted by Crippen LogP contribution is 2.26. The summed E-state index contributed by atoms with van der Waals surface area (Å²) in [5, 5.41) is 2.61. The van der Waals surface area contributed by atoms with Crippen molar-refractivity contribution in [1.82, 2.24) is 5.32 Å². The highest BCUT2D eigenvalue weighted by Gasteiger charge is 2.29. The van der Waals surface area contributed by atoms with Crippen LogP contribution in [0.3, 0.4) is 0 Å². The van der Waals surface area contributed by atoms with Crippen molar-refractivity contribution >= 4 is 5.91 Å². The van der Waals surface area contributed by atoms with Crippen LogP contribution in [0, 0.1) is 18.4 Å². The maximum Gasteiger partial charge on any atom is 0.228 e. The molecule has 1 aliphatic heterocycles. The van der Waals surface area contributed by atoms with Gasteiger partial charge in [0.05, 0.1) is 12.5 Å². The molecule has 2 radical (unpaired) electrons. The Bertz CT molecular complexity index is 230. The van der Waals surface area contributed by atoms with Gasteiger partial charge >= 0.3 is 0 Å². The van der Waals surface area contributed by atoms with Gasteiger partial charge in [-0.2, -0.15) is 0 Å². The van der Waals surface area contributed by atoms with E-state index < -0.39 is 0 Å². The van der Waals surface area contributed by atoms with Crippen LogP contribution in [-0.2, 0) is 4.79 Å². The Morgan fingerprint density at radius 3 is 3.09 bits per heavy atom. The quantitative estimate of drug-likeness (QED) is 0.542. The van der Waals surface area contributed by atoms with E-state index in [2.05, 4.69) is 17.9 Å². The van der Waals surface area contributed by atoms with Crippen LogP contribution in [-0.4, -0.2) is 5.91 Å². The van der Waals surface area contributed by atoms with Crippen molar-refractivity contribution in [3.05, 3.63) is 30.8 Å². The molecule has 2 aliphatic rings. The zero-order valence-electron chi connectivity index (χ0n) is 6.08. The van der Waals surface area contributed by atoms with Crippen molar-refractivity contribution in [2.75, 3.05) is 0 Å². The number of hydrogen-bond acceptors (Lipinski definition) is 1. The number of rotatable bonds is 0. The molecule has 11 heavy (non-hydrogen) atoms. The van der Waals surface area contributed by atoms with Gasteiger partial charge in [-0.1, -0.05) is 24.3 Å². The minimum absolute atomic E-state index is 0.0428. The first kappa shape index (κ1) is 6.65. The largest absolute Gasteiger partial charge is 0.345 e. The minimum Gasteiger partial charge on any atom is -0.345 e. The fraction of sp³-hybridized carbons (Fsp3) is 0.333. The average molecular weight is 147 g/mol. The second-order valence-electron chi connectivity index (χ2n) is 2.83. The number of carbonyl (C=O) groups is 1. The van der Waals surface area contributed by atoms with Gasteiger partial charge in [0.2, 0.25) is 5.91 Å². The van der Waals surface area contributed by atoms with Crippen molar-refractivity contribution in [1.29, 1.82) is 0 Å². The zero-order chi connectivity index (χ0) is 7.68. The third-order valence-corrected chi connectivity index (χ3v) is 2.10. The van der Waals surface area contributed by atoms with Gasteiger partial charge in [-0.05, 0) is 12.3 Å². The summed E-state index contributed by atoms with van der Waals surface area (Å²) in [6, 6.07) is 0. The molecule has 1 fully saturated rings. The van der Waals surface area contributed by atoms with Crippen LogP contribution in [0.1, 0.15) is 6.42 Å². The molecule has 2 atom stereocenters. The van der Waals surface area contributed by atoms with Crippen LogP contribution in [0.5, 0.6) is 0 Å². The predicted molar refractivity (Wildman–Crippen MR) is 41.3 cm³/mol. The van der Waals surface area contributed by atoms with Crippen molar-refractivity contribution in [3.63, 3.8) is 0 Å². The number of carbonyl (C=O) groups excluding carboxylic acids is 1. The highest BCUT2D eigenvalue weighted by molar-refractivity contribution is 5.82. The molecule has 56 valence electrons. The van der Waals surface area contributed by atoms with Gasteiger partial charge in [0, 0.05) is 0 Å². The molecule has 2 nitrogen and oxygen atoms in total. The maximum atomic E-state index is 11.2. The van der Waals surface area contributed by atoms with Gasteiger partial charge in [-0.15, -0.1) is 0 Å².